The normalized spacial score (nSPS) is 11.8. The molecule has 0 saturated carbocycles. The van der Waals surface area contributed by atoms with Crippen molar-refractivity contribution in [1.29, 1.82) is 0 Å². The van der Waals surface area contributed by atoms with E-state index in [9.17, 15) is 0 Å². The van der Waals surface area contributed by atoms with Gasteiger partial charge in [-0.25, -0.2) is 4.98 Å². The molecule has 0 amide bonds. The van der Waals surface area contributed by atoms with E-state index in [4.69, 9.17) is 15.0 Å². The standard InChI is InChI=1S/C43H27N5/c1-2-14-28(15-3-1)47-38-22-8-6-18-32(38)40-41-33-19-7-9-23-39(33)48(43(41)31-17-5-4-16-30(31)42(40)47)29-26-36(34-20-10-12-24-44-34)46-37(27-29)35-21-11-13-25-45-35/h1-27H. The van der Waals surface area contributed by atoms with E-state index >= 15 is 0 Å². The molecular weight excluding hydrogens is 587 g/mol. The van der Waals surface area contributed by atoms with Crippen LogP contribution in [-0.2, 0) is 0 Å². The van der Waals surface area contributed by atoms with E-state index in [0.29, 0.717) is 0 Å². The number of nitrogens with zero attached hydrogens (tertiary/aromatic N) is 5. The topological polar surface area (TPSA) is 48.5 Å². The highest BCUT2D eigenvalue weighted by Gasteiger charge is 2.24. The number of para-hydroxylation sites is 3. The summed E-state index contributed by atoms with van der Waals surface area (Å²) in [5.41, 5.74) is 10.1. The first-order valence-corrected chi connectivity index (χ1v) is 16.1. The monoisotopic (exact) mass is 613 g/mol. The predicted molar refractivity (Wildman–Crippen MR) is 197 cm³/mol. The molecule has 0 unspecified atom stereocenters. The van der Waals surface area contributed by atoms with Gasteiger partial charge in [0.2, 0.25) is 0 Å². The molecule has 0 aliphatic heterocycles. The van der Waals surface area contributed by atoms with Crippen molar-refractivity contribution in [1.82, 2.24) is 24.1 Å². The van der Waals surface area contributed by atoms with Crippen molar-refractivity contribution >= 4 is 54.4 Å². The predicted octanol–water partition coefficient (Wildman–Crippen LogP) is 10.6. The van der Waals surface area contributed by atoms with E-state index in [-0.39, 0.29) is 0 Å². The molecule has 0 aliphatic carbocycles. The van der Waals surface area contributed by atoms with Gasteiger partial charge < -0.3 is 9.13 Å². The largest absolute Gasteiger partial charge is 0.309 e. The second kappa shape index (κ2) is 10.5. The van der Waals surface area contributed by atoms with Crippen molar-refractivity contribution in [3.05, 3.63) is 164 Å². The highest BCUT2D eigenvalue weighted by atomic mass is 15.0. The number of rotatable bonds is 4. The minimum absolute atomic E-state index is 0.797. The molecule has 0 saturated heterocycles. The van der Waals surface area contributed by atoms with Crippen LogP contribution in [0.4, 0.5) is 0 Å². The van der Waals surface area contributed by atoms with Crippen LogP contribution in [0.15, 0.2) is 164 Å². The smallest absolute Gasteiger partial charge is 0.0915 e. The number of aromatic nitrogens is 5. The Hall–Kier alpha value is -6.59. The van der Waals surface area contributed by atoms with Gasteiger partial charge in [0, 0.05) is 50.4 Å². The minimum Gasteiger partial charge on any atom is -0.309 e. The van der Waals surface area contributed by atoms with Crippen LogP contribution in [-0.4, -0.2) is 24.1 Å². The fraction of sp³-hybridized carbons (Fsp3) is 0. The number of benzene rings is 5. The minimum atomic E-state index is 0.797. The summed E-state index contributed by atoms with van der Waals surface area (Å²) in [7, 11) is 0. The number of hydrogen-bond donors (Lipinski definition) is 0. The summed E-state index contributed by atoms with van der Waals surface area (Å²) in [6.45, 7) is 0. The van der Waals surface area contributed by atoms with Gasteiger partial charge in [-0.2, -0.15) is 0 Å². The molecule has 5 heteroatoms. The quantitative estimate of drug-likeness (QED) is 0.198. The van der Waals surface area contributed by atoms with E-state index in [0.717, 1.165) is 39.7 Å². The average molecular weight is 614 g/mol. The van der Waals surface area contributed by atoms with Crippen LogP contribution in [0.25, 0.3) is 88.5 Å². The fourth-order valence-corrected chi connectivity index (χ4v) is 7.44. The Morgan fingerprint density at radius 3 is 1.29 bits per heavy atom. The lowest BCUT2D eigenvalue weighted by Gasteiger charge is -2.15. The van der Waals surface area contributed by atoms with Crippen LogP contribution >= 0.6 is 0 Å². The van der Waals surface area contributed by atoms with Gasteiger partial charge in [0.05, 0.1) is 50.5 Å². The summed E-state index contributed by atoms with van der Waals surface area (Å²) >= 11 is 0. The Morgan fingerprint density at radius 1 is 0.354 bits per heavy atom. The van der Waals surface area contributed by atoms with Gasteiger partial charge in [-0.05, 0) is 60.7 Å². The Kier molecular flexibility index (Phi) is 5.81. The molecule has 5 aromatic carbocycles. The van der Waals surface area contributed by atoms with Crippen LogP contribution in [0.3, 0.4) is 0 Å². The van der Waals surface area contributed by atoms with Crippen molar-refractivity contribution in [3.63, 3.8) is 0 Å². The van der Waals surface area contributed by atoms with Crippen molar-refractivity contribution in [2.45, 2.75) is 0 Å². The van der Waals surface area contributed by atoms with E-state index in [2.05, 4.69) is 124 Å². The number of hydrogen-bond acceptors (Lipinski definition) is 3. The fourth-order valence-electron chi connectivity index (χ4n) is 7.44. The molecule has 224 valence electrons. The molecule has 0 atom stereocenters. The zero-order valence-electron chi connectivity index (χ0n) is 25.8. The number of pyridine rings is 3. The molecule has 48 heavy (non-hydrogen) atoms. The molecule has 5 aromatic heterocycles. The van der Waals surface area contributed by atoms with Crippen LogP contribution in [0.2, 0.25) is 0 Å². The maximum absolute atomic E-state index is 5.09. The third-order valence-corrected chi connectivity index (χ3v) is 9.37. The molecule has 0 fully saturated rings. The molecule has 5 nitrogen and oxygen atoms in total. The Balaban J connectivity index is 1.43. The van der Waals surface area contributed by atoms with Crippen LogP contribution in [0.5, 0.6) is 0 Å². The third kappa shape index (κ3) is 3.88. The summed E-state index contributed by atoms with van der Waals surface area (Å²) in [4.78, 5) is 14.5. The third-order valence-electron chi connectivity index (χ3n) is 9.37. The molecular formula is C43H27N5. The molecule has 5 heterocycles. The lowest BCUT2D eigenvalue weighted by molar-refractivity contribution is 1.14. The maximum atomic E-state index is 5.09. The van der Waals surface area contributed by atoms with Crippen molar-refractivity contribution < 1.29 is 0 Å². The molecule has 10 aromatic rings. The summed E-state index contributed by atoms with van der Waals surface area (Å²) in [5, 5.41) is 7.31. The summed E-state index contributed by atoms with van der Waals surface area (Å²) in [6, 6.07) is 53.3. The first-order valence-electron chi connectivity index (χ1n) is 16.1. The van der Waals surface area contributed by atoms with E-state index < -0.39 is 0 Å². The van der Waals surface area contributed by atoms with Crippen LogP contribution < -0.4 is 0 Å². The summed E-state index contributed by atoms with van der Waals surface area (Å²) in [5.74, 6) is 0. The second-order valence-electron chi connectivity index (χ2n) is 12.1. The Bertz CT molecular complexity index is 2760. The molecule has 0 N–H and O–H groups in total. The van der Waals surface area contributed by atoms with Gasteiger partial charge in [-0.1, -0.05) is 91.0 Å². The maximum Gasteiger partial charge on any atom is 0.0915 e. The molecule has 10 rings (SSSR count). The molecule has 0 bridgehead atoms. The van der Waals surface area contributed by atoms with Crippen molar-refractivity contribution in [3.8, 4) is 34.2 Å². The second-order valence-corrected chi connectivity index (χ2v) is 12.1. The summed E-state index contributed by atoms with van der Waals surface area (Å²) < 4.78 is 4.85. The van der Waals surface area contributed by atoms with Gasteiger partial charge in [-0.15, -0.1) is 0 Å². The SMILES string of the molecule is c1ccc(-n2c3ccccc3c3c4c5ccccc5n(-c5cc(-c6ccccn6)nc(-c6ccccn6)c5)c4c4ccccc4c32)cc1. The zero-order chi connectivity index (χ0) is 31.6. The Morgan fingerprint density at radius 2 is 0.792 bits per heavy atom. The molecule has 0 aliphatic rings. The number of fused-ring (bicyclic) bond motifs is 10. The van der Waals surface area contributed by atoms with Gasteiger partial charge in [0.25, 0.3) is 0 Å². The Labute approximate surface area is 276 Å². The van der Waals surface area contributed by atoms with Gasteiger partial charge in [0.1, 0.15) is 0 Å². The van der Waals surface area contributed by atoms with Gasteiger partial charge >= 0.3 is 0 Å². The van der Waals surface area contributed by atoms with Crippen LogP contribution in [0, 0.1) is 0 Å². The average Bonchev–Trinajstić information content (AvgIpc) is 3.70. The van der Waals surface area contributed by atoms with E-state index in [1.807, 2.05) is 48.8 Å². The van der Waals surface area contributed by atoms with Crippen molar-refractivity contribution in [2.24, 2.45) is 0 Å². The lowest BCUT2D eigenvalue weighted by Crippen LogP contribution is -2.00. The van der Waals surface area contributed by atoms with Gasteiger partial charge in [-0.3, -0.25) is 9.97 Å². The van der Waals surface area contributed by atoms with Crippen molar-refractivity contribution in [2.75, 3.05) is 0 Å². The highest BCUT2D eigenvalue weighted by molar-refractivity contribution is 6.37. The first-order chi connectivity index (χ1) is 23.8. The molecule has 0 radical (unpaired) electrons. The summed E-state index contributed by atoms with van der Waals surface area (Å²) in [6.07, 6.45) is 3.63. The first kappa shape index (κ1) is 26.6. The highest BCUT2D eigenvalue weighted by Crippen LogP contribution is 2.47. The lowest BCUT2D eigenvalue weighted by atomic mass is 9.99. The van der Waals surface area contributed by atoms with E-state index in [1.165, 1.54) is 48.9 Å². The van der Waals surface area contributed by atoms with Crippen LogP contribution in [0.1, 0.15) is 0 Å². The molecule has 0 spiro atoms. The zero-order valence-corrected chi connectivity index (χ0v) is 25.8. The van der Waals surface area contributed by atoms with Gasteiger partial charge in [0.15, 0.2) is 0 Å². The van der Waals surface area contributed by atoms with E-state index in [1.54, 1.807) is 0 Å².